The van der Waals surface area contributed by atoms with Crippen molar-refractivity contribution in [3.63, 3.8) is 0 Å². The quantitative estimate of drug-likeness (QED) is 0.496. The van der Waals surface area contributed by atoms with E-state index in [1.807, 2.05) is 32.9 Å². The van der Waals surface area contributed by atoms with Gasteiger partial charge in [0.2, 0.25) is 4.34 Å². The second-order valence-electron chi connectivity index (χ2n) is 7.83. The highest BCUT2D eigenvalue weighted by Crippen LogP contribution is 2.37. The molecule has 170 valence electrons. The molecule has 0 aliphatic heterocycles. The lowest BCUT2D eigenvalue weighted by Crippen LogP contribution is -2.37. The van der Waals surface area contributed by atoms with Gasteiger partial charge >= 0.3 is 5.97 Å². The van der Waals surface area contributed by atoms with Crippen molar-refractivity contribution in [1.29, 1.82) is 0 Å². The first-order valence-electron chi connectivity index (χ1n) is 10.0. The fourth-order valence-corrected chi connectivity index (χ4v) is 5.89. The number of sulfonamides is 1. The minimum Gasteiger partial charge on any atom is -0.487 e. The smallest absolute Gasteiger partial charge is 0.335 e. The summed E-state index contributed by atoms with van der Waals surface area (Å²) in [6.07, 6.45) is 1.47. The monoisotopic (exact) mass is 474 g/mol. The van der Waals surface area contributed by atoms with Gasteiger partial charge in [0.25, 0.3) is 10.0 Å². The Kier molecular flexibility index (Phi) is 6.90. The molecule has 3 rings (SSSR count). The van der Waals surface area contributed by atoms with E-state index in [4.69, 9.17) is 4.74 Å². The Morgan fingerprint density at radius 1 is 1.12 bits per heavy atom. The number of ether oxygens (including phenoxy) is 1. The molecule has 1 N–H and O–H groups in total. The number of carboxylic acids is 1. The highest BCUT2D eigenvalue weighted by atomic mass is 32.2. The number of anilines is 1. The third kappa shape index (κ3) is 4.78. The van der Waals surface area contributed by atoms with Crippen LogP contribution in [0.1, 0.15) is 46.5 Å². The Morgan fingerprint density at radius 3 is 2.38 bits per heavy atom. The zero-order valence-corrected chi connectivity index (χ0v) is 20.3. The number of hydrogen-bond donors (Lipinski definition) is 1. The van der Waals surface area contributed by atoms with Gasteiger partial charge in [-0.15, -0.1) is 11.3 Å². The van der Waals surface area contributed by atoms with Gasteiger partial charge in [0.15, 0.2) is 0 Å². The third-order valence-corrected chi connectivity index (χ3v) is 8.31. The number of nitrogens with zero attached hydrogens (tertiary/aromatic N) is 2. The van der Waals surface area contributed by atoms with Gasteiger partial charge < -0.3 is 9.84 Å². The molecule has 1 aromatic heterocycles. The highest BCUT2D eigenvalue weighted by Gasteiger charge is 2.32. The van der Waals surface area contributed by atoms with Gasteiger partial charge in [0.1, 0.15) is 12.4 Å². The van der Waals surface area contributed by atoms with Crippen LogP contribution < -0.4 is 9.04 Å². The average molecular weight is 475 g/mol. The molecule has 3 aromatic rings. The molecule has 0 amide bonds. The Labute approximate surface area is 192 Å². The summed E-state index contributed by atoms with van der Waals surface area (Å²) in [4.78, 5) is 15.2. The summed E-state index contributed by atoms with van der Waals surface area (Å²) in [6, 6.07) is 8.11. The number of carboxylic acid groups (broad SMARTS) is 1. The molecule has 0 aliphatic carbocycles. The third-order valence-electron chi connectivity index (χ3n) is 5.14. The molecule has 0 spiro atoms. The van der Waals surface area contributed by atoms with Gasteiger partial charge in [-0.2, -0.15) is 8.42 Å². The van der Waals surface area contributed by atoms with Gasteiger partial charge in [0, 0.05) is 17.6 Å². The molecule has 0 saturated carbocycles. The second kappa shape index (κ2) is 9.30. The van der Waals surface area contributed by atoms with E-state index in [0.29, 0.717) is 11.4 Å². The van der Waals surface area contributed by atoms with Crippen LogP contribution in [0.15, 0.2) is 46.2 Å². The van der Waals surface area contributed by atoms with Crippen LogP contribution in [0.3, 0.4) is 0 Å². The van der Waals surface area contributed by atoms with E-state index in [0.717, 1.165) is 33.6 Å². The fraction of sp³-hybridized carbons (Fsp3) is 0.304. The largest absolute Gasteiger partial charge is 0.487 e. The van der Waals surface area contributed by atoms with Crippen LogP contribution in [0, 0.1) is 20.8 Å². The first-order valence-corrected chi connectivity index (χ1v) is 12.3. The summed E-state index contributed by atoms with van der Waals surface area (Å²) in [6.45, 7) is 9.46. The molecule has 0 atom stereocenters. The zero-order chi connectivity index (χ0) is 23.6. The summed E-state index contributed by atoms with van der Waals surface area (Å²) in [5, 5.41) is 10.8. The topological polar surface area (TPSA) is 96.8 Å². The SMILES string of the molecule is Cc1cc(OCc2ccc(C(=O)O)cc2C)c(N(C(C)C)S(=O)(=O)c2nccs2)cc1C. The van der Waals surface area contributed by atoms with Crippen LogP contribution in [0.5, 0.6) is 5.75 Å². The number of carbonyl (C=O) groups is 1. The predicted octanol–water partition coefficient (Wildman–Crippen LogP) is 4.95. The molecule has 0 aliphatic rings. The van der Waals surface area contributed by atoms with Crippen molar-refractivity contribution in [3.05, 3.63) is 69.7 Å². The molecule has 2 aromatic carbocycles. The first kappa shape index (κ1) is 23.7. The Balaban J connectivity index is 2.02. The van der Waals surface area contributed by atoms with Gasteiger partial charge in [-0.25, -0.2) is 9.78 Å². The van der Waals surface area contributed by atoms with Crippen molar-refractivity contribution < 1.29 is 23.1 Å². The van der Waals surface area contributed by atoms with E-state index in [2.05, 4.69) is 4.98 Å². The van der Waals surface area contributed by atoms with Crippen LogP contribution in [0.25, 0.3) is 0 Å². The van der Waals surface area contributed by atoms with Gasteiger partial charge in [-0.05, 0) is 81.1 Å². The van der Waals surface area contributed by atoms with Gasteiger partial charge in [-0.3, -0.25) is 4.31 Å². The molecule has 0 bridgehead atoms. The van der Waals surface area contributed by atoms with Crippen molar-refractivity contribution in [1.82, 2.24) is 4.98 Å². The molecule has 0 radical (unpaired) electrons. The van der Waals surface area contributed by atoms with Crippen LogP contribution in [0.2, 0.25) is 0 Å². The number of thiazole rings is 1. The summed E-state index contributed by atoms with van der Waals surface area (Å²) in [7, 11) is -3.87. The summed E-state index contributed by atoms with van der Waals surface area (Å²) in [5.41, 5.74) is 4.16. The number of hydrogen-bond acceptors (Lipinski definition) is 6. The standard InChI is InChI=1S/C23H26N2O5S2/c1-14(2)25(32(28,29)23-24-8-9-31-23)20-11-15(3)16(4)12-21(20)30-13-19-7-6-18(22(26)27)10-17(19)5/h6-12,14H,13H2,1-5H3,(H,26,27). The molecular formula is C23H26N2O5S2. The second-order valence-corrected chi connectivity index (χ2v) is 10.7. The lowest BCUT2D eigenvalue weighted by molar-refractivity contribution is 0.0696. The molecule has 0 fully saturated rings. The predicted molar refractivity (Wildman–Crippen MR) is 125 cm³/mol. The van der Waals surface area contributed by atoms with Crippen LogP contribution in [-0.4, -0.2) is 30.5 Å². The average Bonchev–Trinajstić information content (AvgIpc) is 3.25. The van der Waals surface area contributed by atoms with Crippen molar-refractivity contribution in [2.75, 3.05) is 4.31 Å². The van der Waals surface area contributed by atoms with Gasteiger partial charge in [-0.1, -0.05) is 6.07 Å². The lowest BCUT2D eigenvalue weighted by atomic mass is 10.1. The number of aryl methyl sites for hydroxylation is 3. The Morgan fingerprint density at radius 2 is 1.81 bits per heavy atom. The minimum atomic E-state index is -3.87. The summed E-state index contributed by atoms with van der Waals surface area (Å²) < 4.78 is 34.2. The number of benzene rings is 2. The van der Waals surface area contributed by atoms with Crippen molar-refractivity contribution in [3.8, 4) is 5.75 Å². The van der Waals surface area contributed by atoms with E-state index in [1.165, 1.54) is 16.6 Å². The number of aromatic nitrogens is 1. The van der Waals surface area contributed by atoms with Crippen molar-refractivity contribution in [2.24, 2.45) is 0 Å². The molecule has 9 heteroatoms. The van der Waals surface area contributed by atoms with Crippen LogP contribution in [-0.2, 0) is 16.6 Å². The molecule has 0 saturated heterocycles. The van der Waals surface area contributed by atoms with E-state index >= 15 is 0 Å². The van der Waals surface area contributed by atoms with Crippen LogP contribution >= 0.6 is 11.3 Å². The normalized spacial score (nSPS) is 11.6. The highest BCUT2D eigenvalue weighted by molar-refractivity contribution is 7.94. The fourth-order valence-electron chi connectivity index (χ4n) is 3.32. The van der Waals surface area contributed by atoms with E-state index in [9.17, 15) is 18.3 Å². The van der Waals surface area contributed by atoms with Crippen molar-refractivity contribution in [2.45, 2.75) is 51.6 Å². The van der Waals surface area contributed by atoms with E-state index in [1.54, 1.807) is 31.4 Å². The van der Waals surface area contributed by atoms with E-state index < -0.39 is 16.0 Å². The summed E-state index contributed by atoms with van der Waals surface area (Å²) >= 11 is 1.07. The number of aromatic carboxylic acids is 1. The molecule has 0 unspecified atom stereocenters. The van der Waals surface area contributed by atoms with E-state index in [-0.39, 0.29) is 22.6 Å². The lowest BCUT2D eigenvalue weighted by Gasteiger charge is -2.29. The van der Waals surface area contributed by atoms with Crippen molar-refractivity contribution >= 4 is 33.0 Å². The molecule has 32 heavy (non-hydrogen) atoms. The Bertz CT molecular complexity index is 1240. The zero-order valence-electron chi connectivity index (χ0n) is 18.6. The maximum absolute atomic E-state index is 13.4. The van der Waals surface area contributed by atoms with Gasteiger partial charge in [0.05, 0.1) is 11.3 Å². The maximum Gasteiger partial charge on any atom is 0.335 e. The molecule has 1 heterocycles. The van der Waals surface area contributed by atoms with Crippen LogP contribution in [0.4, 0.5) is 5.69 Å². The maximum atomic E-state index is 13.4. The molecular weight excluding hydrogens is 448 g/mol. The summed E-state index contributed by atoms with van der Waals surface area (Å²) in [5.74, 6) is -0.555. The Hall–Kier alpha value is -2.91. The minimum absolute atomic E-state index is 0.0236. The first-order chi connectivity index (χ1) is 15.0. The molecule has 7 nitrogen and oxygen atoms in total. The number of rotatable bonds is 8.